The van der Waals surface area contributed by atoms with Crippen LogP contribution in [0.5, 0.6) is 0 Å². The van der Waals surface area contributed by atoms with Gasteiger partial charge in [0.15, 0.2) is 0 Å². The van der Waals surface area contributed by atoms with Crippen molar-refractivity contribution in [2.75, 3.05) is 31.6 Å². The number of carbonyl (C=O) groups is 1. The van der Waals surface area contributed by atoms with Crippen molar-refractivity contribution in [2.24, 2.45) is 0 Å². The number of aromatic nitrogens is 2. The van der Waals surface area contributed by atoms with Crippen molar-refractivity contribution in [3.05, 3.63) is 46.9 Å². The lowest BCUT2D eigenvalue weighted by Crippen LogP contribution is -2.41. The molecule has 0 spiro atoms. The number of aryl methyl sites for hydroxylation is 1. The van der Waals surface area contributed by atoms with Crippen molar-refractivity contribution in [1.82, 2.24) is 14.9 Å². The van der Waals surface area contributed by atoms with Crippen molar-refractivity contribution in [1.29, 1.82) is 0 Å². The van der Waals surface area contributed by atoms with Gasteiger partial charge >= 0.3 is 0 Å². The number of morpholine rings is 1. The number of hydrogen-bond acceptors (Lipinski definition) is 5. The fraction of sp³-hybridized carbons (Fsp3) is 0.312. The minimum atomic E-state index is -0.120. The summed E-state index contributed by atoms with van der Waals surface area (Å²) in [7, 11) is 0. The summed E-state index contributed by atoms with van der Waals surface area (Å²) in [6.07, 6.45) is 3.03. The molecule has 0 bridgehead atoms. The molecule has 3 rings (SSSR count). The molecule has 1 aromatic carbocycles. The molecule has 0 aliphatic carbocycles. The lowest BCUT2D eigenvalue weighted by Gasteiger charge is -2.26. The predicted octanol–water partition coefficient (Wildman–Crippen LogP) is 2.65. The molecule has 2 heterocycles. The van der Waals surface area contributed by atoms with Crippen molar-refractivity contribution >= 4 is 29.0 Å². The van der Waals surface area contributed by atoms with E-state index in [9.17, 15) is 4.79 Å². The maximum Gasteiger partial charge on any atom is 0.274 e. The molecule has 120 valence electrons. The van der Waals surface area contributed by atoms with Crippen LogP contribution in [0.1, 0.15) is 16.1 Å². The molecule has 1 fully saturated rings. The highest BCUT2D eigenvalue weighted by molar-refractivity contribution is 6.31. The maximum atomic E-state index is 12.3. The van der Waals surface area contributed by atoms with E-state index in [0.29, 0.717) is 42.8 Å². The second-order valence-corrected chi connectivity index (χ2v) is 5.69. The van der Waals surface area contributed by atoms with E-state index in [2.05, 4.69) is 15.3 Å². The summed E-state index contributed by atoms with van der Waals surface area (Å²) in [6, 6.07) is 5.66. The van der Waals surface area contributed by atoms with E-state index >= 15 is 0 Å². The number of amides is 1. The van der Waals surface area contributed by atoms with E-state index in [4.69, 9.17) is 16.3 Å². The molecule has 0 unspecified atom stereocenters. The van der Waals surface area contributed by atoms with Gasteiger partial charge in [-0.25, -0.2) is 9.97 Å². The van der Waals surface area contributed by atoms with Crippen LogP contribution in [0.4, 0.5) is 11.5 Å². The Morgan fingerprint density at radius 2 is 2.04 bits per heavy atom. The van der Waals surface area contributed by atoms with Gasteiger partial charge in [0.1, 0.15) is 11.5 Å². The topological polar surface area (TPSA) is 67.4 Å². The number of carbonyl (C=O) groups excluding carboxylic acids is 1. The zero-order chi connectivity index (χ0) is 16.2. The van der Waals surface area contributed by atoms with Crippen LogP contribution in [0, 0.1) is 6.92 Å². The minimum Gasteiger partial charge on any atom is -0.378 e. The van der Waals surface area contributed by atoms with Gasteiger partial charge < -0.3 is 15.0 Å². The van der Waals surface area contributed by atoms with Gasteiger partial charge in [0.25, 0.3) is 5.91 Å². The Bertz CT molecular complexity index is 700. The van der Waals surface area contributed by atoms with Gasteiger partial charge in [0, 0.05) is 23.8 Å². The van der Waals surface area contributed by atoms with Crippen LogP contribution in [-0.2, 0) is 4.74 Å². The highest BCUT2D eigenvalue weighted by Crippen LogP contribution is 2.22. The molecule has 2 aromatic rings. The minimum absolute atomic E-state index is 0.120. The number of ether oxygens (including phenoxy) is 1. The maximum absolute atomic E-state index is 12.3. The Morgan fingerprint density at radius 1 is 1.26 bits per heavy atom. The molecule has 1 aromatic heterocycles. The molecule has 1 aliphatic rings. The monoisotopic (exact) mass is 332 g/mol. The van der Waals surface area contributed by atoms with Crippen molar-refractivity contribution in [2.45, 2.75) is 6.92 Å². The van der Waals surface area contributed by atoms with Gasteiger partial charge in [-0.1, -0.05) is 17.7 Å². The van der Waals surface area contributed by atoms with Crippen LogP contribution in [-0.4, -0.2) is 47.1 Å². The van der Waals surface area contributed by atoms with Crippen LogP contribution in [0.2, 0.25) is 5.02 Å². The standard InChI is InChI=1S/C16H17ClN4O2/c1-11-2-3-12(8-13(11)17)20-15-10-18-14(9-19-15)16(22)21-4-6-23-7-5-21/h2-3,8-10H,4-7H2,1H3,(H,19,20). The summed E-state index contributed by atoms with van der Waals surface area (Å²) < 4.78 is 5.24. The fourth-order valence-electron chi connectivity index (χ4n) is 2.25. The molecule has 0 radical (unpaired) electrons. The Labute approximate surface area is 139 Å². The largest absolute Gasteiger partial charge is 0.378 e. The second kappa shape index (κ2) is 6.93. The molecule has 1 amide bonds. The number of halogens is 1. The summed E-state index contributed by atoms with van der Waals surface area (Å²) in [5.74, 6) is 0.439. The molecule has 1 saturated heterocycles. The van der Waals surface area contributed by atoms with Gasteiger partial charge in [0.2, 0.25) is 0 Å². The van der Waals surface area contributed by atoms with Crippen LogP contribution >= 0.6 is 11.6 Å². The van der Waals surface area contributed by atoms with Crippen molar-refractivity contribution in [3.8, 4) is 0 Å². The van der Waals surface area contributed by atoms with E-state index in [1.807, 2.05) is 25.1 Å². The SMILES string of the molecule is Cc1ccc(Nc2cnc(C(=O)N3CCOCC3)cn2)cc1Cl. The molecular weight excluding hydrogens is 316 g/mol. The number of hydrogen-bond donors (Lipinski definition) is 1. The normalized spacial score (nSPS) is 14.6. The van der Waals surface area contributed by atoms with Crippen LogP contribution < -0.4 is 5.32 Å². The number of rotatable bonds is 3. The summed E-state index contributed by atoms with van der Waals surface area (Å²) in [5.41, 5.74) is 2.16. The van der Waals surface area contributed by atoms with Crippen LogP contribution in [0.15, 0.2) is 30.6 Å². The molecule has 1 aliphatic heterocycles. The van der Waals surface area contributed by atoms with Crippen molar-refractivity contribution < 1.29 is 9.53 Å². The van der Waals surface area contributed by atoms with E-state index in [1.54, 1.807) is 11.1 Å². The summed E-state index contributed by atoms with van der Waals surface area (Å²) in [5, 5.41) is 3.80. The second-order valence-electron chi connectivity index (χ2n) is 5.28. The molecule has 0 saturated carbocycles. The van der Waals surface area contributed by atoms with E-state index < -0.39 is 0 Å². The van der Waals surface area contributed by atoms with E-state index in [-0.39, 0.29) is 5.91 Å². The van der Waals surface area contributed by atoms with Crippen molar-refractivity contribution in [3.63, 3.8) is 0 Å². The zero-order valence-electron chi connectivity index (χ0n) is 12.8. The Balaban J connectivity index is 1.68. The molecule has 7 heteroatoms. The van der Waals surface area contributed by atoms with Gasteiger partial charge in [-0.3, -0.25) is 4.79 Å². The third kappa shape index (κ3) is 3.78. The lowest BCUT2D eigenvalue weighted by molar-refractivity contribution is 0.0298. The Kier molecular flexibility index (Phi) is 4.73. The van der Waals surface area contributed by atoms with Gasteiger partial charge in [0.05, 0.1) is 25.6 Å². The van der Waals surface area contributed by atoms with Gasteiger partial charge in [-0.05, 0) is 24.6 Å². The average molecular weight is 333 g/mol. The average Bonchev–Trinajstić information content (AvgIpc) is 2.59. The van der Waals surface area contributed by atoms with Crippen LogP contribution in [0.25, 0.3) is 0 Å². The number of nitrogens with one attached hydrogen (secondary N) is 1. The first-order valence-corrected chi connectivity index (χ1v) is 7.73. The third-order valence-electron chi connectivity index (χ3n) is 3.61. The predicted molar refractivity (Wildman–Crippen MR) is 88.2 cm³/mol. The highest BCUT2D eigenvalue weighted by Gasteiger charge is 2.19. The van der Waals surface area contributed by atoms with E-state index in [0.717, 1.165) is 11.3 Å². The Hall–Kier alpha value is -2.18. The number of anilines is 2. The zero-order valence-corrected chi connectivity index (χ0v) is 13.5. The number of benzene rings is 1. The fourth-order valence-corrected chi connectivity index (χ4v) is 2.43. The molecule has 23 heavy (non-hydrogen) atoms. The molecule has 6 nitrogen and oxygen atoms in total. The third-order valence-corrected chi connectivity index (χ3v) is 4.02. The van der Waals surface area contributed by atoms with Gasteiger partial charge in [-0.15, -0.1) is 0 Å². The molecule has 1 N–H and O–H groups in total. The van der Waals surface area contributed by atoms with E-state index in [1.165, 1.54) is 6.20 Å². The first-order chi connectivity index (χ1) is 11.1. The summed E-state index contributed by atoms with van der Waals surface area (Å²) >= 11 is 6.10. The summed E-state index contributed by atoms with van der Waals surface area (Å²) in [4.78, 5) is 22.5. The first kappa shape index (κ1) is 15.7. The molecular formula is C16H17ClN4O2. The van der Waals surface area contributed by atoms with Gasteiger partial charge in [-0.2, -0.15) is 0 Å². The smallest absolute Gasteiger partial charge is 0.274 e. The van der Waals surface area contributed by atoms with Crippen LogP contribution in [0.3, 0.4) is 0 Å². The summed E-state index contributed by atoms with van der Waals surface area (Å²) in [6.45, 7) is 4.24. The number of nitrogens with zero attached hydrogens (tertiary/aromatic N) is 3. The first-order valence-electron chi connectivity index (χ1n) is 7.36. The lowest BCUT2D eigenvalue weighted by atomic mass is 10.2. The molecule has 0 atom stereocenters. The quantitative estimate of drug-likeness (QED) is 0.936. The highest BCUT2D eigenvalue weighted by atomic mass is 35.5. The Morgan fingerprint density at radius 3 is 2.70 bits per heavy atom.